The molecule has 0 fully saturated rings. The van der Waals surface area contributed by atoms with Gasteiger partial charge in [0.15, 0.2) is 0 Å². The zero-order valence-corrected chi connectivity index (χ0v) is 17.5. The van der Waals surface area contributed by atoms with Crippen LogP contribution >= 0.6 is 0 Å². The summed E-state index contributed by atoms with van der Waals surface area (Å²) in [5.74, 6) is -0.617. The molecular formula is C21H20F3N5O4. The Bertz CT molecular complexity index is 1180. The highest BCUT2D eigenvalue weighted by Crippen LogP contribution is 2.46. The Labute approximate surface area is 186 Å². The number of amides is 1. The van der Waals surface area contributed by atoms with Gasteiger partial charge in [0.1, 0.15) is 17.6 Å². The number of fused-ring (bicyclic) bond motifs is 1. The van der Waals surface area contributed by atoms with Crippen molar-refractivity contribution in [2.45, 2.75) is 38.5 Å². The van der Waals surface area contributed by atoms with Gasteiger partial charge in [-0.3, -0.25) is 9.58 Å². The van der Waals surface area contributed by atoms with Gasteiger partial charge in [-0.1, -0.05) is 0 Å². The third kappa shape index (κ3) is 4.33. The number of halogens is 3. The number of anilines is 1. The molecule has 0 bridgehead atoms. The number of nitrogens with zero attached hydrogens (tertiary/aromatic N) is 5. The van der Waals surface area contributed by atoms with Crippen molar-refractivity contribution in [2.24, 2.45) is 0 Å². The molecule has 3 aromatic rings. The number of benzene rings is 1. The highest BCUT2D eigenvalue weighted by atomic mass is 19.4. The van der Waals surface area contributed by atoms with Gasteiger partial charge >= 0.3 is 12.3 Å². The van der Waals surface area contributed by atoms with E-state index in [1.54, 1.807) is 25.3 Å². The van der Waals surface area contributed by atoms with Crippen molar-refractivity contribution in [2.75, 3.05) is 11.5 Å². The van der Waals surface area contributed by atoms with Crippen LogP contribution in [0.5, 0.6) is 11.6 Å². The number of aliphatic hydroxyl groups excluding tert-OH is 1. The lowest BCUT2D eigenvalue weighted by Gasteiger charge is -2.34. The Balaban J connectivity index is 1.90. The van der Waals surface area contributed by atoms with Crippen LogP contribution in [0.2, 0.25) is 0 Å². The molecule has 1 atom stereocenters. The Hall–Kier alpha value is -3.67. The molecule has 0 spiro atoms. The molecule has 12 heteroatoms. The van der Waals surface area contributed by atoms with Gasteiger partial charge in [0.25, 0.3) is 0 Å². The normalized spacial score (nSPS) is 15.9. The van der Waals surface area contributed by atoms with Crippen molar-refractivity contribution in [1.82, 2.24) is 19.7 Å². The Morgan fingerprint density at radius 3 is 2.79 bits per heavy atom. The molecule has 4 rings (SSSR count). The Morgan fingerprint density at radius 2 is 2.09 bits per heavy atom. The van der Waals surface area contributed by atoms with Crippen molar-refractivity contribution in [3.8, 4) is 22.8 Å². The van der Waals surface area contributed by atoms with Crippen molar-refractivity contribution in [3.05, 3.63) is 48.2 Å². The Kier molecular flexibility index (Phi) is 5.93. The smallest absolute Gasteiger partial charge is 0.423 e. The molecule has 1 aliphatic rings. The average molecular weight is 463 g/mol. The van der Waals surface area contributed by atoms with E-state index in [4.69, 9.17) is 9.84 Å². The standard InChI is InChI=1S/C21H20F3N5O4/c1-12-2-3-15-17(29(12)20(31)32)5-4-14(13-8-27-28(10-13)6-7-30)18(15)33-19-16(21(22,23)24)9-25-11-26-19/h4-5,8-12,30H,2-3,6-7H2,1H3,(H,31,32)/t12-/m0/s1. The summed E-state index contributed by atoms with van der Waals surface area (Å²) < 4.78 is 47.9. The quantitative estimate of drug-likeness (QED) is 0.589. The number of aliphatic hydroxyl groups is 1. The van der Waals surface area contributed by atoms with Crippen LogP contribution in [-0.2, 0) is 19.1 Å². The molecule has 1 amide bonds. The summed E-state index contributed by atoms with van der Waals surface area (Å²) in [6.07, 6.45) is -0.382. The average Bonchev–Trinajstić information content (AvgIpc) is 3.21. The number of carbonyl (C=O) groups is 1. The van der Waals surface area contributed by atoms with Crippen molar-refractivity contribution < 1.29 is 32.9 Å². The minimum atomic E-state index is -4.75. The molecule has 2 aromatic heterocycles. The number of rotatable bonds is 5. The SMILES string of the molecule is C[C@H]1CCc2c(ccc(-c3cnn(CCO)c3)c2Oc2ncncc2C(F)(F)F)N1C(=O)O. The first-order valence-electron chi connectivity index (χ1n) is 10.1. The molecule has 0 saturated carbocycles. The first-order chi connectivity index (χ1) is 15.7. The molecule has 3 heterocycles. The maximum Gasteiger partial charge on any atom is 0.423 e. The molecular weight excluding hydrogens is 443 g/mol. The monoisotopic (exact) mass is 463 g/mol. The summed E-state index contributed by atoms with van der Waals surface area (Å²) in [7, 11) is 0. The lowest BCUT2D eigenvalue weighted by molar-refractivity contribution is -0.139. The van der Waals surface area contributed by atoms with Gasteiger partial charge in [-0.15, -0.1) is 0 Å². The van der Waals surface area contributed by atoms with E-state index in [2.05, 4.69) is 15.1 Å². The maximum atomic E-state index is 13.5. The first-order valence-corrected chi connectivity index (χ1v) is 10.1. The fourth-order valence-corrected chi connectivity index (χ4v) is 3.86. The molecule has 1 aliphatic heterocycles. The number of aromatic nitrogens is 4. The third-order valence-corrected chi connectivity index (χ3v) is 5.41. The summed E-state index contributed by atoms with van der Waals surface area (Å²) in [6, 6.07) is 2.87. The van der Waals surface area contributed by atoms with Crippen molar-refractivity contribution in [3.63, 3.8) is 0 Å². The lowest BCUT2D eigenvalue weighted by atomic mass is 9.92. The second-order valence-electron chi connectivity index (χ2n) is 7.54. The molecule has 33 heavy (non-hydrogen) atoms. The van der Waals surface area contributed by atoms with E-state index < -0.39 is 23.7 Å². The van der Waals surface area contributed by atoms with Crippen LogP contribution in [0.3, 0.4) is 0 Å². The predicted octanol–water partition coefficient (Wildman–Crippen LogP) is 3.96. The van der Waals surface area contributed by atoms with E-state index >= 15 is 0 Å². The number of hydrogen-bond donors (Lipinski definition) is 2. The predicted molar refractivity (Wildman–Crippen MR) is 110 cm³/mol. The van der Waals surface area contributed by atoms with Crippen LogP contribution in [0.25, 0.3) is 11.1 Å². The fraction of sp³-hybridized carbons (Fsp3) is 0.333. The summed E-state index contributed by atoms with van der Waals surface area (Å²) in [5.41, 5.74) is 0.595. The van der Waals surface area contributed by atoms with Crippen LogP contribution in [0.1, 0.15) is 24.5 Å². The van der Waals surface area contributed by atoms with Crippen LogP contribution in [-0.4, -0.2) is 48.7 Å². The fourth-order valence-electron chi connectivity index (χ4n) is 3.86. The van der Waals surface area contributed by atoms with Gasteiger partial charge in [0.2, 0.25) is 5.88 Å². The second kappa shape index (κ2) is 8.70. The first kappa shape index (κ1) is 22.5. The minimum absolute atomic E-state index is 0.0680. The van der Waals surface area contributed by atoms with Gasteiger partial charge in [-0.05, 0) is 31.9 Å². The van der Waals surface area contributed by atoms with E-state index in [0.717, 1.165) is 6.33 Å². The molecule has 174 valence electrons. The molecule has 9 nitrogen and oxygen atoms in total. The molecule has 2 N–H and O–H groups in total. The summed E-state index contributed by atoms with van der Waals surface area (Å²) in [5, 5.41) is 23.0. The van der Waals surface area contributed by atoms with Crippen molar-refractivity contribution in [1.29, 1.82) is 0 Å². The van der Waals surface area contributed by atoms with E-state index in [1.165, 1.54) is 15.8 Å². The molecule has 0 aliphatic carbocycles. The highest BCUT2D eigenvalue weighted by Gasteiger charge is 2.37. The second-order valence-corrected chi connectivity index (χ2v) is 7.54. The minimum Gasteiger partial charge on any atom is -0.465 e. The maximum absolute atomic E-state index is 13.5. The van der Waals surface area contributed by atoms with Gasteiger partial charge < -0.3 is 14.9 Å². The van der Waals surface area contributed by atoms with Crippen LogP contribution in [0, 0.1) is 0 Å². The lowest BCUT2D eigenvalue weighted by Crippen LogP contribution is -2.41. The van der Waals surface area contributed by atoms with Gasteiger partial charge in [0, 0.05) is 35.1 Å². The number of hydrogen-bond acceptors (Lipinski definition) is 6. The largest absolute Gasteiger partial charge is 0.465 e. The number of alkyl halides is 3. The van der Waals surface area contributed by atoms with E-state index in [1.807, 2.05) is 0 Å². The molecule has 0 radical (unpaired) electrons. The molecule has 0 saturated heterocycles. The van der Waals surface area contributed by atoms with E-state index in [-0.39, 0.29) is 24.9 Å². The molecule has 1 aromatic carbocycles. The summed E-state index contributed by atoms with van der Waals surface area (Å²) in [4.78, 5) is 20.2. The molecule has 0 unspecified atom stereocenters. The number of ether oxygens (including phenoxy) is 1. The highest BCUT2D eigenvalue weighted by molar-refractivity contribution is 5.91. The van der Waals surface area contributed by atoms with Crippen LogP contribution < -0.4 is 9.64 Å². The number of carboxylic acid groups (broad SMARTS) is 1. The van der Waals surface area contributed by atoms with E-state index in [0.29, 0.717) is 41.4 Å². The van der Waals surface area contributed by atoms with Gasteiger partial charge in [-0.25, -0.2) is 14.8 Å². The van der Waals surface area contributed by atoms with Crippen LogP contribution in [0.15, 0.2) is 37.1 Å². The Morgan fingerprint density at radius 1 is 1.30 bits per heavy atom. The van der Waals surface area contributed by atoms with Crippen molar-refractivity contribution >= 4 is 11.8 Å². The van der Waals surface area contributed by atoms with Crippen LogP contribution in [0.4, 0.5) is 23.7 Å². The third-order valence-electron chi connectivity index (χ3n) is 5.41. The van der Waals surface area contributed by atoms with E-state index in [9.17, 15) is 23.1 Å². The summed E-state index contributed by atoms with van der Waals surface area (Å²) >= 11 is 0. The topological polar surface area (TPSA) is 114 Å². The zero-order valence-electron chi connectivity index (χ0n) is 17.5. The van der Waals surface area contributed by atoms with Gasteiger partial charge in [-0.2, -0.15) is 18.3 Å². The van der Waals surface area contributed by atoms with Gasteiger partial charge in [0.05, 0.1) is 25.0 Å². The zero-order chi connectivity index (χ0) is 23.8. The summed E-state index contributed by atoms with van der Waals surface area (Å²) in [6.45, 7) is 1.85.